The first-order chi connectivity index (χ1) is 33.2. The standard InChI is InChI=1S/C51H93NO15/c1-3-4-5-6-7-8-9-10-11-12-13-14-15-16-17-18-19-20-21-22-23-24-25-50(53)52-51(54)67-49-48-66-47-46-65-45-44-64-43-42-63-41-40-62-39-38-61-37-36-60-35-34-59-33-32-58-31-30-57-29-28-56-27-26-55-2/h3-13,18-49H2,1-2H3,(H,52,53,54). The second-order valence-electron chi connectivity index (χ2n) is 15.6. The van der Waals surface area contributed by atoms with E-state index in [2.05, 4.69) is 35.9 Å². The van der Waals surface area contributed by atoms with E-state index in [9.17, 15) is 9.59 Å². The zero-order chi connectivity index (χ0) is 48.3. The Labute approximate surface area is 405 Å². The molecular weight excluding hydrogens is 867 g/mol. The van der Waals surface area contributed by atoms with Crippen LogP contribution in [0.15, 0.2) is 0 Å². The third-order valence-electron chi connectivity index (χ3n) is 9.70. The lowest BCUT2D eigenvalue weighted by atomic mass is 10.1. The number of nitrogens with one attached hydrogen (secondary N) is 1. The summed E-state index contributed by atoms with van der Waals surface area (Å²) >= 11 is 0. The Kier molecular flexibility index (Phi) is 57.5. The Hall–Kier alpha value is -2.42. The number of rotatable bonds is 54. The lowest BCUT2D eigenvalue weighted by Gasteiger charge is -2.09. The SMILES string of the molecule is CCCCCCCCCCCCC#CC#CCCCCCCCCC(=O)NC(=O)OCCOCCOCCOCCOCCOCCOCCOCCOCCOCCOCCOCCOC. The second-order valence-corrected chi connectivity index (χ2v) is 15.6. The number of carbonyl (C=O) groups is 2. The van der Waals surface area contributed by atoms with E-state index in [-0.39, 0.29) is 19.1 Å². The number of unbranched alkanes of at least 4 members (excludes halogenated alkanes) is 16. The van der Waals surface area contributed by atoms with Crippen LogP contribution in [0.3, 0.4) is 0 Å². The zero-order valence-corrected chi connectivity index (χ0v) is 42.0. The summed E-state index contributed by atoms with van der Waals surface area (Å²) < 4.78 is 69.9. The number of hydrogen-bond donors (Lipinski definition) is 1. The van der Waals surface area contributed by atoms with E-state index in [1.54, 1.807) is 7.11 Å². The van der Waals surface area contributed by atoms with Gasteiger partial charge >= 0.3 is 6.09 Å². The zero-order valence-electron chi connectivity index (χ0n) is 42.0. The van der Waals surface area contributed by atoms with Gasteiger partial charge in [-0.2, -0.15) is 0 Å². The Bertz CT molecular complexity index is 1140. The summed E-state index contributed by atoms with van der Waals surface area (Å²) in [5.74, 6) is 12.0. The van der Waals surface area contributed by atoms with Crippen LogP contribution in [-0.2, 0) is 66.4 Å². The second kappa shape index (κ2) is 59.7. The van der Waals surface area contributed by atoms with Gasteiger partial charge in [-0.1, -0.05) is 102 Å². The van der Waals surface area contributed by atoms with Crippen LogP contribution in [0.2, 0.25) is 0 Å². The molecule has 0 saturated heterocycles. The first-order valence-electron chi connectivity index (χ1n) is 25.5. The Morgan fingerprint density at radius 3 is 0.925 bits per heavy atom. The van der Waals surface area contributed by atoms with E-state index in [0.717, 1.165) is 51.4 Å². The number of methoxy groups -OCH3 is 1. The minimum Gasteiger partial charge on any atom is -0.447 e. The summed E-state index contributed by atoms with van der Waals surface area (Å²) in [4.78, 5) is 23.9. The van der Waals surface area contributed by atoms with Gasteiger partial charge in [0, 0.05) is 26.4 Å². The molecule has 0 rings (SSSR count). The van der Waals surface area contributed by atoms with Gasteiger partial charge in [0.05, 0.1) is 152 Å². The van der Waals surface area contributed by atoms with Crippen molar-refractivity contribution in [2.75, 3.05) is 166 Å². The van der Waals surface area contributed by atoms with Crippen molar-refractivity contribution in [3.05, 3.63) is 0 Å². The average molecular weight is 960 g/mol. The molecule has 0 aliphatic rings. The highest BCUT2D eigenvalue weighted by atomic mass is 16.6. The summed E-state index contributed by atoms with van der Waals surface area (Å²) in [7, 11) is 1.64. The molecule has 0 fully saturated rings. The van der Waals surface area contributed by atoms with Gasteiger partial charge in [0.15, 0.2) is 0 Å². The molecular formula is C51H93NO15. The number of alkyl carbamates (subject to hydrolysis) is 1. The Morgan fingerprint density at radius 1 is 0.343 bits per heavy atom. The fraction of sp³-hybridized carbons (Fsp3) is 0.882. The minimum atomic E-state index is -0.751. The monoisotopic (exact) mass is 960 g/mol. The largest absolute Gasteiger partial charge is 0.447 e. The molecule has 0 aromatic heterocycles. The number of amides is 2. The molecule has 0 aromatic rings. The number of imide groups is 1. The highest BCUT2D eigenvalue weighted by molar-refractivity contribution is 5.91. The topological polar surface area (TPSA) is 166 Å². The van der Waals surface area contributed by atoms with E-state index in [4.69, 9.17) is 61.6 Å². The van der Waals surface area contributed by atoms with Gasteiger partial charge in [0.25, 0.3) is 0 Å². The minimum absolute atomic E-state index is 0.0501. The first kappa shape index (κ1) is 64.6. The summed E-state index contributed by atoms with van der Waals surface area (Å²) in [6.45, 7) is 13.3. The maximum absolute atomic E-state index is 12.0. The molecule has 0 radical (unpaired) electrons. The van der Waals surface area contributed by atoms with E-state index in [0.29, 0.717) is 152 Å². The molecule has 0 spiro atoms. The number of hydrogen-bond acceptors (Lipinski definition) is 15. The number of ether oxygens (including phenoxy) is 13. The molecule has 0 aliphatic carbocycles. The van der Waals surface area contributed by atoms with E-state index < -0.39 is 6.09 Å². The third kappa shape index (κ3) is 59.6. The Morgan fingerprint density at radius 2 is 0.612 bits per heavy atom. The van der Waals surface area contributed by atoms with Gasteiger partial charge in [-0.15, -0.1) is 0 Å². The predicted octanol–water partition coefficient (Wildman–Crippen LogP) is 7.51. The van der Waals surface area contributed by atoms with Crippen LogP contribution in [0.5, 0.6) is 0 Å². The fourth-order valence-corrected chi connectivity index (χ4v) is 5.97. The van der Waals surface area contributed by atoms with Crippen molar-refractivity contribution in [3.8, 4) is 23.7 Å². The van der Waals surface area contributed by atoms with E-state index in [1.165, 1.54) is 64.2 Å². The summed E-state index contributed by atoms with van der Waals surface area (Å²) in [6.07, 6.45) is 20.9. The van der Waals surface area contributed by atoms with Gasteiger partial charge in [-0.3, -0.25) is 10.1 Å². The van der Waals surface area contributed by atoms with Crippen molar-refractivity contribution >= 4 is 12.0 Å². The van der Waals surface area contributed by atoms with Crippen molar-refractivity contribution in [2.24, 2.45) is 0 Å². The normalized spacial score (nSPS) is 11.0. The van der Waals surface area contributed by atoms with Gasteiger partial charge in [0.2, 0.25) is 5.91 Å². The molecule has 0 unspecified atom stereocenters. The maximum atomic E-state index is 12.0. The molecule has 2 amide bonds. The lowest BCUT2D eigenvalue weighted by Crippen LogP contribution is -2.31. The molecule has 0 aliphatic heterocycles. The van der Waals surface area contributed by atoms with Gasteiger partial charge in [-0.05, 0) is 31.1 Å². The fourth-order valence-electron chi connectivity index (χ4n) is 5.97. The molecule has 16 heteroatoms. The van der Waals surface area contributed by atoms with Gasteiger partial charge in [0.1, 0.15) is 6.61 Å². The first-order valence-corrected chi connectivity index (χ1v) is 25.5. The summed E-state index contributed by atoms with van der Waals surface area (Å²) in [5.41, 5.74) is 0. The summed E-state index contributed by atoms with van der Waals surface area (Å²) in [5, 5.41) is 2.27. The van der Waals surface area contributed by atoms with E-state index in [1.807, 2.05) is 0 Å². The smallest absolute Gasteiger partial charge is 0.413 e. The van der Waals surface area contributed by atoms with Gasteiger partial charge < -0.3 is 61.6 Å². The Balaban J connectivity index is 3.27. The third-order valence-corrected chi connectivity index (χ3v) is 9.70. The quantitative estimate of drug-likeness (QED) is 0.0470. The summed E-state index contributed by atoms with van der Waals surface area (Å²) in [6, 6.07) is 0. The highest BCUT2D eigenvalue weighted by Crippen LogP contribution is 2.11. The average Bonchev–Trinajstić information content (AvgIpc) is 3.33. The van der Waals surface area contributed by atoms with Crippen LogP contribution in [0.1, 0.15) is 129 Å². The van der Waals surface area contributed by atoms with Crippen LogP contribution in [0.25, 0.3) is 0 Å². The number of carbonyl (C=O) groups excluding carboxylic acids is 2. The molecule has 0 bridgehead atoms. The van der Waals surface area contributed by atoms with Crippen molar-refractivity contribution in [1.82, 2.24) is 5.32 Å². The molecule has 0 heterocycles. The van der Waals surface area contributed by atoms with Crippen LogP contribution >= 0.6 is 0 Å². The van der Waals surface area contributed by atoms with Gasteiger partial charge in [-0.25, -0.2) is 4.79 Å². The van der Waals surface area contributed by atoms with Crippen LogP contribution < -0.4 is 5.32 Å². The lowest BCUT2D eigenvalue weighted by molar-refractivity contribution is -0.120. The molecule has 392 valence electrons. The van der Waals surface area contributed by atoms with Crippen molar-refractivity contribution < 1.29 is 71.2 Å². The van der Waals surface area contributed by atoms with E-state index >= 15 is 0 Å². The maximum Gasteiger partial charge on any atom is 0.413 e. The molecule has 1 N–H and O–H groups in total. The molecule has 0 atom stereocenters. The van der Waals surface area contributed by atoms with Crippen molar-refractivity contribution in [1.29, 1.82) is 0 Å². The molecule has 16 nitrogen and oxygen atoms in total. The highest BCUT2D eigenvalue weighted by Gasteiger charge is 2.08. The van der Waals surface area contributed by atoms with Crippen LogP contribution in [-0.4, -0.2) is 178 Å². The van der Waals surface area contributed by atoms with Crippen LogP contribution in [0, 0.1) is 23.7 Å². The van der Waals surface area contributed by atoms with Crippen LogP contribution in [0.4, 0.5) is 4.79 Å². The predicted molar refractivity (Wildman–Crippen MR) is 259 cm³/mol. The van der Waals surface area contributed by atoms with Crippen molar-refractivity contribution in [2.45, 2.75) is 129 Å². The van der Waals surface area contributed by atoms with Crippen molar-refractivity contribution in [3.63, 3.8) is 0 Å². The molecule has 0 aromatic carbocycles. The molecule has 67 heavy (non-hydrogen) atoms. The molecule has 0 saturated carbocycles.